The van der Waals surface area contributed by atoms with Crippen molar-refractivity contribution in [1.29, 1.82) is 0 Å². The number of likely N-dealkylation sites (tertiary alicyclic amines) is 1. The Morgan fingerprint density at radius 3 is 2.40 bits per heavy atom. The van der Waals surface area contributed by atoms with Crippen LogP contribution in [0.1, 0.15) is 26.7 Å². The van der Waals surface area contributed by atoms with E-state index in [1.807, 2.05) is 21.8 Å². The smallest absolute Gasteiger partial charge is 0.242 e. The van der Waals surface area contributed by atoms with Gasteiger partial charge < -0.3 is 10.6 Å². The molecule has 1 aliphatic rings. The summed E-state index contributed by atoms with van der Waals surface area (Å²) in [5.74, 6) is 0.662. The van der Waals surface area contributed by atoms with Gasteiger partial charge in [-0.15, -0.1) is 24.8 Å². The Kier molecular flexibility index (Phi) is 7.55. The zero-order chi connectivity index (χ0) is 13.2. The second-order valence-corrected chi connectivity index (χ2v) is 5.69. The molecule has 116 valence electrons. The van der Waals surface area contributed by atoms with Gasteiger partial charge in [0.05, 0.1) is 5.54 Å². The molecule has 2 heterocycles. The third kappa shape index (κ3) is 4.96. The summed E-state index contributed by atoms with van der Waals surface area (Å²) in [7, 11) is 0. The Hall–Kier alpha value is -0.780. The Bertz CT molecular complexity index is 395. The molecule has 2 N–H and O–H groups in total. The zero-order valence-corrected chi connectivity index (χ0v) is 13.6. The number of hydrogen-bond acceptors (Lipinski definition) is 3. The first-order chi connectivity index (χ1) is 8.47. The predicted octanol–water partition coefficient (Wildman–Crippen LogP) is 1.70. The van der Waals surface area contributed by atoms with Gasteiger partial charge in [0.25, 0.3) is 0 Å². The third-order valence-corrected chi connectivity index (χ3v) is 3.46. The van der Waals surface area contributed by atoms with Crippen molar-refractivity contribution in [3.05, 3.63) is 18.5 Å². The molecule has 7 heteroatoms. The van der Waals surface area contributed by atoms with Crippen LogP contribution in [0.4, 0.5) is 0 Å². The lowest BCUT2D eigenvalue weighted by Crippen LogP contribution is -2.53. The Morgan fingerprint density at radius 2 is 1.95 bits per heavy atom. The van der Waals surface area contributed by atoms with Gasteiger partial charge in [0.15, 0.2) is 0 Å². The van der Waals surface area contributed by atoms with Gasteiger partial charge in [0.2, 0.25) is 5.91 Å². The van der Waals surface area contributed by atoms with Crippen LogP contribution >= 0.6 is 24.8 Å². The lowest BCUT2D eigenvalue weighted by Gasteiger charge is -2.35. The van der Waals surface area contributed by atoms with Crippen molar-refractivity contribution in [2.75, 3.05) is 13.1 Å². The van der Waals surface area contributed by atoms with E-state index in [4.69, 9.17) is 5.73 Å². The molecule has 0 saturated carbocycles. The SMILES string of the molecule is CC(C)(N)C(=O)N1CCC(Cn2cccn2)CC1.Cl.Cl. The van der Waals surface area contributed by atoms with E-state index in [0.717, 1.165) is 32.5 Å². The molecular formula is C13H24Cl2N4O. The maximum atomic E-state index is 12.0. The second-order valence-electron chi connectivity index (χ2n) is 5.69. The van der Waals surface area contributed by atoms with Gasteiger partial charge in [0.1, 0.15) is 0 Å². The normalized spacial score (nSPS) is 16.2. The van der Waals surface area contributed by atoms with E-state index in [1.165, 1.54) is 0 Å². The number of carbonyl (C=O) groups excluding carboxylic acids is 1. The van der Waals surface area contributed by atoms with E-state index in [9.17, 15) is 4.79 Å². The lowest BCUT2D eigenvalue weighted by molar-refractivity contribution is -0.137. The summed E-state index contributed by atoms with van der Waals surface area (Å²) in [6, 6.07) is 1.94. The molecule has 1 aromatic heterocycles. The summed E-state index contributed by atoms with van der Waals surface area (Å²) in [6.07, 6.45) is 5.85. The Morgan fingerprint density at radius 1 is 1.35 bits per heavy atom. The van der Waals surface area contributed by atoms with Crippen molar-refractivity contribution in [2.24, 2.45) is 11.7 Å². The molecule has 1 saturated heterocycles. The Balaban J connectivity index is 0.00000180. The zero-order valence-electron chi connectivity index (χ0n) is 12.0. The van der Waals surface area contributed by atoms with Crippen LogP contribution in [-0.4, -0.2) is 39.2 Å². The van der Waals surface area contributed by atoms with Crippen LogP contribution in [0.2, 0.25) is 0 Å². The number of nitrogens with two attached hydrogens (primary N) is 1. The fourth-order valence-corrected chi connectivity index (χ4v) is 2.40. The van der Waals surface area contributed by atoms with Crippen LogP contribution in [0.25, 0.3) is 0 Å². The highest BCUT2D eigenvalue weighted by Gasteiger charge is 2.30. The van der Waals surface area contributed by atoms with Crippen LogP contribution in [0, 0.1) is 5.92 Å². The molecule has 1 fully saturated rings. The maximum absolute atomic E-state index is 12.0. The van der Waals surface area contributed by atoms with Crippen LogP contribution in [-0.2, 0) is 11.3 Å². The summed E-state index contributed by atoms with van der Waals surface area (Å²) >= 11 is 0. The van der Waals surface area contributed by atoms with Gasteiger partial charge >= 0.3 is 0 Å². The van der Waals surface area contributed by atoms with E-state index in [1.54, 1.807) is 20.0 Å². The molecule has 0 bridgehead atoms. The average Bonchev–Trinajstić information content (AvgIpc) is 2.81. The summed E-state index contributed by atoms with van der Waals surface area (Å²) in [5.41, 5.74) is 5.09. The van der Waals surface area contributed by atoms with E-state index < -0.39 is 5.54 Å². The van der Waals surface area contributed by atoms with Crippen LogP contribution in [0.15, 0.2) is 18.5 Å². The number of nitrogens with zero attached hydrogens (tertiary/aromatic N) is 3. The number of carbonyl (C=O) groups is 1. The molecule has 5 nitrogen and oxygen atoms in total. The van der Waals surface area contributed by atoms with Crippen molar-refractivity contribution >= 4 is 30.7 Å². The van der Waals surface area contributed by atoms with Crippen molar-refractivity contribution in [1.82, 2.24) is 14.7 Å². The molecule has 0 atom stereocenters. The monoisotopic (exact) mass is 322 g/mol. The van der Waals surface area contributed by atoms with Crippen molar-refractivity contribution < 1.29 is 4.79 Å². The summed E-state index contributed by atoms with van der Waals surface area (Å²) < 4.78 is 1.97. The van der Waals surface area contributed by atoms with Gasteiger partial charge in [-0.25, -0.2) is 0 Å². The number of rotatable bonds is 3. The molecule has 20 heavy (non-hydrogen) atoms. The number of piperidine rings is 1. The quantitative estimate of drug-likeness (QED) is 0.921. The summed E-state index contributed by atoms with van der Waals surface area (Å²) in [6.45, 7) is 6.11. The number of amides is 1. The molecule has 0 unspecified atom stereocenters. The lowest BCUT2D eigenvalue weighted by atomic mass is 9.95. The topological polar surface area (TPSA) is 64.2 Å². The molecule has 1 aliphatic heterocycles. The van der Waals surface area contributed by atoms with E-state index in [-0.39, 0.29) is 30.7 Å². The van der Waals surface area contributed by atoms with Crippen LogP contribution < -0.4 is 5.73 Å². The van der Waals surface area contributed by atoms with Crippen molar-refractivity contribution in [3.8, 4) is 0 Å². The minimum Gasteiger partial charge on any atom is -0.341 e. The van der Waals surface area contributed by atoms with Crippen LogP contribution in [0.5, 0.6) is 0 Å². The minimum atomic E-state index is -0.755. The molecule has 0 aromatic carbocycles. The number of aromatic nitrogens is 2. The highest BCUT2D eigenvalue weighted by Crippen LogP contribution is 2.20. The predicted molar refractivity (Wildman–Crippen MR) is 84.3 cm³/mol. The molecule has 0 radical (unpaired) electrons. The first kappa shape index (κ1) is 19.2. The van der Waals surface area contributed by atoms with Crippen LogP contribution in [0.3, 0.4) is 0 Å². The molecule has 2 rings (SSSR count). The largest absolute Gasteiger partial charge is 0.341 e. The van der Waals surface area contributed by atoms with E-state index in [2.05, 4.69) is 5.10 Å². The molecule has 1 amide bonds. The summed E-state index contributed by atoms with van der Waals surface area (Å²) in [5, 5.41) is 4.22. The standard InChI is InChI=1S/C13H22N4O.2ClH/c1-13(2,14)12(18)16-8-4-11(5-9-16)10-17-7-3-6-15-17;;/h3,6-7,11H,4-5,8-10,14H2,1-2H3;2*1H. The number of hydrogen-bond donors (Lipinski definition) is 1. The fraction of sp³-hybridized carbons (Fsp3) is 0.692. The van der Waals surface area contributed by atoms with Crippen molar-refractivity contribution in [2.45, 2.75) is 38.8 Å². The van der Waals surface area contributed by atoms with Gasteiger partial charge in [-0.2, -0.15) is 5.10 Å². The average molecular weight is 323 g/mol. The first-order valence-electron chi connectivity index (χ1n) is 6.52. The van der Waals surface area contributed by atoms with E-state index >= 15 is 0 Å². The molecule has 0 spiro atoms. The fourth-order valence-electron chi connectivity index (χ4n) is 2.40. The van der Waals surface area contributed by atoms with E-state index in [0.29, 0.717) is 5.92 Å². The Labute approximate surface area is 132 Å². The van der Waals surface area contributed by atoms with Gasteiger partial charge in [-0.3, -0.25) is 9.48 Å². The first-order valence-corrected chi connectivity index (χ1v) is 6.52. The minimum absolute atomic E-state index is 0. The maximum Gasteiger partial charge on any atom is 0.242 e. The molecular weight excluding hydrogens is 299 g/mol. The third-order valence-electron chi connectivity index (χ3n) is 3.46. The second kappa shape index (κ2) is 7.86. The van der Waals surface area contributed by atoms with Crippen molar-refractivity contribution in [3.63, 3.8) is 0 Å². The highest BCUT2D eigenvalue weighted by atomic mass is 35.5. The van der Waals surface area contributed by atoms with Gasteiger partial charge in [0, 0.05) is 32.0 Å². The molecule has 1 aromatic rings. The van der Waals surface area contributed by atoms with Gasteiger partial charge in [-0.1, -0.05) is 0 Å². The van der Waals surface area contributed by atoms with Gasteiger partial charge in [-0.05, 0) is 38.7 Å². The number of halogens is 2. The highest BCUT2D eigenvalue weighted by molar-refractivity contribution is 5.86. The molecule has 0 aliphatic carbocycles. The summed E-state index contributed by atoms with van der Waals surface area (Å²) in [4.78, 5) is 13.9.